The maximum Gasteiger partial charge on any atom is 0.292 e. The summed E-state index contributed by atoms with van der Waals surface area (Å²) < 4.78 is 0. The van der Waals surface area contributed by atoms with Gasteiger partial charge in [-0.15, -0.1) is 0 Å². The van der Waals surface area contributed by atoms with Gasteiger partial charge in [0.1, 0.15) is 26.2 Å². The molecule has 2 fully saturated rings. The average molecular weight is 406 g/mol. The van der Waals surface area contributed by atoms with E-state index in [0.717, 1.165) is 49.5 Å². The maximum atomic E-state index is 13.2. The minimum absolute atomic E-state index is 0.0279. The molecule has 2 heterocycles. The van der Waals surface area contributed by atoms with Gasteiger partial charge in [-0.3, -0.25) is 9.59 Å². The smallest absolute Gasteiger partial charge is 0.292 e. The summed E-state index contributed by atoms with van der Waals surface area (Å²) in [7, 11) is 0. The maximum absolute atomic E-state index is 13.2. The summed E-state index contributed by atoms with van der Waals surface area (Å²) >= 11 is 0. The third kappa shape index (κ3) is 4.23. The number of rotatable bonds is 5. The quantitative estimate of drug-likeness (QED) is 0.709. The van der Waals surface area contributed by atoms with Crippen LogP contribution in [0.25, 0.3) is 6.08 Å². The van der Waals surface area contributed by atoms with E-state index in [1.807, 2.05) is 38.1 Å². The van der Waals surface area contributed by atoms with Crippen LogP contribution in [0.4, 0.5) is 5.69 Å². The van der Waals surface area contributed by atoms with Crippen molar-refractivity contribution in [3.63, 3.8) is 0 Å². The van der Waals surface area contributed by atoms with Crippen molar-refractivity contribution in [2.75, 3.05) is 37.6 Å². The second-order valence-corrected chi connectivity index (χ2v) is 8.49. The van der Waals surface area contributed by atoms with Crippen LogP contribution in [0.3, 0.4) is 0 Å². The molecule has 30 heavy (non-hydrogen) atoms. The Kier molecular flexibility index (Phi) is 6.11. The summed E-state index contributed by atoms with van der Waals surface area (Å²) in [6.45, 7) is 8.83. The van der Waals surface area contributed by atoms with Crippen LogP contribution >= 0.6 is 0 Å². The van der Waals surface area contributed by atoms with Gasteiger partial charge < -0.3 is 9.80 Å². The average Bonchev–Trinajstić information content (AvgIpc) is 3.04. The Labute approximate surface area is 178 Å². The normalized spacial score (nSPS) is 24.7. The highest BCUT2D eigenvalue weighted by molar-refractivity contribution is 6.22. The van der Waals surface area contributed by atoms with Gasteiger partial charge in [-0.1, -0.05) is 54.6 Å². The van der Waals surface area contributed by atoms with E-state index in [9.17, 15) is 9.59 Å². The number of imide groups is 1. The molecule has 2 N–H and O–H groups in total. The predicted molar refractivity (Wildman–Crippen MR) is 119 cm³/mol. The van der Waals surface area contributed by atoms with Crippen molar-refractivity contribution in [2.24, 2.45) is 0 Å². The molecule has 0 saturated carbocycles. The van der Waals surface area contributed by atoms with Crippen molar-refractivity contribution in [3.8, 4) is 0 Å². The Morgan fingerprint density at radius 1 is 0.933 bits per heavy atom. The van der Waals surface area contributed by atoms with E-state index < -0.39 is 0 Å². The summed E-state index contributed by atoms with van der Waals surface area (Å²) in [6, 6.07) is 16.0. The monoisotopic (exact) mass is 405 g/mol. The van der Waals surface area contributed by atoms with Crippen LogP contribution in [-0.4, -0.2) is 50.6 Å². The van der Waals surface area contributed by atoms with Crippen molar-refractivity contribution in [1.82, 2.24) is 0 Å². The van der Waals surface area contributed by atoms with E-state index in [0.29, 0.717) is 6.42 Å². The van der Waals surface area contributed by atoms with Gasteiger partial charge in [0.05, 0.1) is 18.7 Å². The molecule has 0 aromatic heterocycles. The highest BCUT2D eigenvalue weighted by Crippen LogP contribution is 2.29. The second-order valence-electron chi connectivity index (χ2n) is 8.49. The first-order chi connectivity index (χ1) is 14.5. The number of carbonyl (C=O) groups excluding carboxylic acids is 2. The van der Waals surface area contributed by atoms with Crippen LogP contribution < -0.4 is 14.7 Å². The number of quaternary nitrogens is 2. The Morgan fingerprint density at radius 2 is 1.60 bits per heavy atom. The van der Waals surface area contributed by atoms with Gasteiger partial charge in [-0.05, 0) is 36.6 Å². The fourth-order valence-corrected chi connectivity index (χ4v) is 4.75. The molecule has 1 atom stereocenters. The molecule has 2 aromatic rings. The lowest BCUT2D eigenvalue weighted by Gasteiger charge is -2.31. The minimum atomic E-state index is -0.238. The van der Waals surface area contributed by atoms with E-state index in [1.54, 1.807) is 0 Å². The molecule has 5 nitrogen and oxygen atoms in total. The number of nitrogens with one attached hydrogen (secondary N) is 2. The van der Waals surface area contributed by atoms with Gasteiger partial charge in [-0.2, -0.15) is 0 Å². The predicted octanol–water partition coefficient (Wildman–Crippen LogP) is 0.432. The fourth-order valence-electron chi connectivity index (χ4n) is 4.75. The number of hydrogen-bond donors (Lipinski definition) is 2. The lowest BCUT2D eigenvalue weighted by Crippen LogP contribution is -3.30. The molecule has 156 valence electrons. The molecular formula is C25H31N3O2+2. The standard InChI is InChI=1S/C25H29N3O2/c1-19-8-6-9-20(2)24(19)28-23(29)18-22(25(28)30)27-16-14-26(15-17-27)13-7-12-21-10-4-3-5-11-21/h3-12,22H,13-18H2,1-2H3/p+2/b12-7+/t22-/m1/s1. The first kappa shape index (κ1) is 20.5. The molecule has 0 unspecified atom stereocenters. The van der Waals surface area contributed by atoms with Crippen molar-refractivity contribution < 1.29 is 19.4 Å². The summed E-state index contributed by atoms with van der Waals surface area (Å²) in [5, 5.41) is 0. The Hall–Kier alpha value is -2.76. The SMILES string of the molecule is Cc1cccc(C)c1N1C(=O)C[C@@H]([NH+]2CC[NH+](C/C=C/c3ccccc3)CC2)C1=O. The zero-order valence-electron chi connectivity index (χ0n) is 17.9. The molecule has 2 amide bonds. The van der Waals surface area contributed by atoms with Gasteiger partial charge in [0, 0.05) is 0 Å². The molecule has 2 aliphatic rings. The largest absolute Gasteiger partial charge is 0.322 e. The van der Waals surface area contributed by atoms with Crippen LogP contribution in [0.15, 0.2) is 54.6 Å². The molecule has 0 spiro atoms. The number of benzene rings is 2. The molecule has 2 saturated heterocycles. The Balaban J connectivity index is 1.35. The van der Waals surface area contributed by atoms with E-state index in [1.165, 1.54) is 20.3 Å². The third-order valence-corrected chi connectivity index (χ3v) is 6.42. The van der Waals surface area contributed by atoms with Gasteiger partial charge in [-0.25, -0.2) is 4.90 Å². The topological polar surface area (TPSA) is 46.3 Å². The van der Waals surface area contributed by atoms with E-state index in [4.69, 9.17) is 0 Å². The first-order valence-electron chi connectivity index (χ1n) is 10.9. The van der Waals surface area contributed by atoms with Crippen molar-refractivity contribution >= 4 is 23.6 Å². The molecule has 0 radical (unpaired) electrons. The molecule has 2 aromatic carbocycles. The van der Waals surface area contributed by atoms with Crippen molar-refractivity contribution in [2.45, 2.75) is 26.3 Å². The first-order valence-corrected chi connectivity index (χ1v) is 10.9. The van der Waals surface area contributed by atoms with E-state index in [-0.39, 0.29) is 17.9 Å². The number of piperazine rings is 1. The molecule has 4 rings (SSSR count). The fraction of sp³-hybridized carbons (Fsp3) is 0.360. The van der Waals surface area contributed by atoms with Crippen molar-refractivity contribution in [3.05, 3.63) is 71.3 Å². The number of carbonyl (C=O) groups is 2. The number of para-hydroxylation sites is 1. The van der Waals surface area contributed by atoms with Gasteiger partial charge in [0.15, 0.2) is 6.04 Å². The van der Waals surface area contributed by atoms with Crippen LogP contribution in [0.1, 0.15) is 23.1 Å². The molecular weight excluding hydrogens is 374 g/mol. The highest BCUT2D eigenvalue weighted by atomic mass is 16.2. The van der Waals surface area contributed by atoms with Gasteiger partial charge in [0.2, 0.25) is 5.91 Å². The Morgan fingerprint density at radius 3 is 2.27 bits per heavy atom. The van der Waals surface area contributed by atoms with Crippen LogP contribution in [0.5, 0.6) is 0 Å². The van der Waals surface area contributed by atoms with E-state index in [2.05, 4.69) is 36.4 Å². The number of aryl methyl sites for hydroxylation is 2. The minimum Gasteiger partial charge on any atom is -0.322 e. The number of anilines is 1. The zero-order valence-corrected chi connectivity index (χ0v) is 17.9. The van der Waals surface area contributed by atoms with Crippen molar-refractivity contribution in [1.29, 1.82) is 0 Å². The summed E-state index contributed by atoms with van der Waals surface area (Å²) in [5.41, 5.74) is 3.96. The molecule has 0 aliphatic carbocycles. The number of amides is 2. The number of nitrogens with zero attached hydrogens (tertiary/aromatic N) is 1. The number of hydrogen-bond acceptors (Lipinski definition) is 2. The molecule has 0 bridgehead atoms. The highest BCUT2D eigenvalue weighted by Gasteiger charge is 2.47. The van der Waals surface area contributed by atoms with E-state index >= 15 is 0 Å². The lowest BCUT2D eigenvalue weighted by atomic mass is 10.1. The lowest BCUT2D eigenvalue weighted by molar-refractivity contribution is -1.02. The molecule has 5 heteroatoms. The van der Waals surface area contributed by atoms with Gasteiger partial charge in [0.25, 0.3) is 5.91 Å². The van der Waals surface area contributed by atoms with Crippen LogP contribution in [-0.2, 0) is 9.59 Å². The molecule has 2 aliphatic heterocycles. The zero-order chi connectivity index (χ0) is 21.1. The van der Waals surface area contributed by atoms with Gasteiger partial charge >= 0.3 is 0 Å². The third-order valence-electron chi connectivity index (χ3n) is 6.42. The van der Waals surface area contributed by atoms with Crippen LogP contribution in [0.2, 0.25) is 0 Å². The summed E-state index contributed by atoms with van der Waals surface area (Å²) in [6.07, 6.45) is 4.74. The van der Waals surface area contributed by atoms with Crippen LogP contribution in [0, 0.1) is 13.8 Å². The Bertz CT molecular complexity index is 926. The summed E-state index contributed by atoms with van der Waals surface area (Å²) in [4.78, 5) is 30.2. The summed E-state index contributed by atoms with van der Waals surface area (Å²) in [5.74, 6) is -0.0877. The second kappa shape index (κ2) is 8.94.